The molecule has 0 aliphatic carbocycles. The van der Waals surface area contributed by atoms with Crippen molar-refractivity contribution >= 4 is 22.7 Å². The number of amides is 1. The number of carbonyl (C=O) groups excluding carboxylic acids is 1. The number of benzene rings is 3. The van der Waals surface area contributed by atoms with Crippen molar-refractivity contribution < 1.29 is 19.0 Å². The lowest BCUT2D eigenvalue weighted by molar-refractivity contribution is -0.0104. The highest BCUT2D eigenvalue weighted by Crippen LogP contribution is 2.43. The molecule has 58 heavy (non-hydrogen) atoms. The fourth-order valence-corrected chi connectivity index (χ4v) is 9.23. The number of piperidine rings is 3. The zero-order valence-corrected chi connectivity index (χ0v) is 35.0. The van der Waals surface area contributed by atoms with Gasteiger partial charge in [-0.25, -0.2) is 4.79 Å². The van der Waals surface area contributed by atoms with Gasteiger partial charge in [0.05, 0.1) is 11.1 Å². The van der Waals surface area contributed by atoms with Crippen molar-refractivity contribution in [3.63, 3.8) is 0 Å². The summed E-state index contributed by atoms with van der Waals surface area (Å²) in [5.74, 6) is 1.70. The van der Waals surface area contributed by atoms with Gasteiger partial charge in [-0.3, -0.25) is 4.68 Å². The SMILES string of the molecule is C[C@@H](C1CCN(c2ccc3c(-c4ccc(OCc5ccccc5)nc4OCc4ccccc4)nn(C)c3c2)CC1)N1CCC2(CCN(C(=O)OC(C)(C)C)CC2)CC1. The molecule has 5 heterocycles. The summed E-state index contributed by atoms with van der Waals surface area (Å²) in [5, 5.41) is 6.10. The van der Waals surface area contributed by atoms with E-state index in [0.29, 0.717) is 42.3 Å². The van der Waals surface area contributed by atoms with Crippen LogP contribution in [0.5, 0.6) is 11.8 Å². The average molecular weight is 785 g/mol. The van der Waals surface area contributed by atoms with Gasteiger partial charge in [-0.05, 0) is 126 Å². The lowest BCUT2D eigenvalue weighted by atomic mass is 9.70. The molecule has 0 saturated carbocycles. The van der Waals surface area contributed by atoms with Gasteiger partial charge in [-0.1, -0.05) is 60.7 Å². The Labute approximate surface area is 344 Å². The lowest BCUT2D eigenvalue weighted by Crippen LogP contribution is -2.52. The van der Waals surface area contributed by atoms with E-state index in [4.69, 9.17) is 24.3 Å². The summed E-state index contributed by atoms with van der Waals surface area (Å²) >= 11 is 0. The summed E-state index contributed by atoms with van der Waals surface area (Å²) in [6.07, 6.45) is 6.86. The van der Waals surface area contributed by atoms with Gasteiger partial charge in [0.25, 0.3) is 0 Å². The first-order valence-electron chi connectivity index (χ1n) is 21.3. The Morgan fingerprint density at radius 1 is 0.793 bits per heavy atom. The number of hydrogen-bond donors (Lipinski definition) is 0. The van der Waals surface area contributed by atoms with Gasteiger partial charge >= 0.3 is 6.09 Å². The maximum absolute atomic E-state index is 12.6. The van der Waals surface area contributed by atoms with Crippen molar-refractivity contribution in [3.05, 3.63) is 102 Å². The highest BCUT2D eigenvalue weighted by atomic mass is 16.6. The Kier molecular flexibility index (Phi) is 11.7. The quantitative estimate of drug-likeness (QED) is 0.139. The van der Waals surface area contributed by atoms with Crippen LogP contribution in [0.2, 0.25) is 0 Å². The van der Waals surface area contributed by atoms with Crippen LogP contribution in [0.25, 0.3) is 22.2 Å². The molecule has 5 aromatic rings. The second kappa shape index (κ2) is 17.0. The standard InChI is InChI=1S/C48H60N6O4/c1-35(52-28-22-48(23-29-52)24-30-54(31-25-48)46(55)58-47(2,3)4)38-20-26-53(27-21-38)39-16-17-40-42(32-39)51(5)50-44(40)41-18-19-43(56-33-36-12-8-6-9-13-36)49-45(41)57-34-37-14-10-7-11-15-37/h6-19,32,35,38H,20-31,33-34H2,1-5H3/t35-/m0/s1. The topological polar surface area (TPSA) is 85.2 Å². The van der Waals surface area contributed by atoms with Crippen molar-refractivity contribution in [2.75, 3.05) is 44.2 Å². The number of likely N-dealkylation sites (tertiary alicyclic amines) is 2. The van der Waals surface area contributed by atoms with Gasteiger partial charge in [0.2, 0.25) is 11.8 Å². The van der Waals surface area contributed by atoms with Crippen molar-refractivity contribution in [3.8, 4) is 23.0 Å². The van der Waals surface area contributed by atoms with Crippen LogP contribution in [0.4, 0.5) is 10.5 Å². The molecule has 3 saturated heterocycles. The molecule has 1 amide bonds. The maximum atomic E-state index is 12.6. The molecule has 2 aromatic heterocycles. The van der Waals surface area contributed by atoms with Crippen molar-refractivity contribution in [1.29, 1.82) is 0 Å². The number of pyridine rings is 1. The number of anilines is 1. The highest BCUT2D eigenvalue weighted by Gasteiger charge is 2.41. The number of hydrogen-bond acceptors (Lipinski definition) is 8. The van der Waals surface area contributed by atoms with Crippen molar-refractivity contribution in [1.82, 2.24) is 24.6 Å². The number of carbonyl (C=O) groups is 1. The Bertz CT molecular complexity index is 2140. The fraction of sp³-hybridized carbons (Fsp3) is 0.479. The maximum Gasteiger partial charge on any atom is 0.410 e. The molecule has 3 aliphatic rings. The summed E-state index contributed by atoms with van der Waals surface area (Å²) in [6, 6.07) is 31.5. The zero-order valence-electron chi connectivity index (χ0n) is 35.0. The molecule has 10 heteroatoms. The Hall–Kier alpha value is -5.09. The van der Waals surface area contributed by atoms with E-state index in [9.17, 15) is 4.79 Å². The van der Waals surface area contributed by atoms with Crippen LogP contribution >= 0.6 is 0 Å². The zero-order chi connectivity index (χ0) is 40.3. The summed E-state index contributed by atoms with van der Waals surface area (Å²) in [4.78, 5) is 24.7. The van der Waals surface area contributed by atoms with E-state index in [-0.39, 0.29) is 6.09 Å². The minimum absolute atomic E-state index is 0.159. The normalized spacial score (nSPS) is 18.4. The Morgan fingerprint density at radius 3 is 2.05 bits per heavy atom. The second-order valence-electron chi connectivity index (χ2n) is 17.8. The first kappa shape index (κ1) is 39.7. The van der Waals surface area contributed by atoms with Crippen LogP contribution in [-0.2, 0) is 25.0 Å². The van der Waals surface area contributed by atoms with Crippen LogP contribution in [0.3, 0.4) is 0 Å². The summed E-state index contributed by atoms with van der Waals surface area (Å²) < 4.78 is 20.2. The molecule has 1 atom stereocenters. The molecule has 0 N–H and O–H groups in total. The minimum Gasteiger partial charge on any atom is -0.473 e. The van der Waals surface area contributed by atoms with Gasteiger partial charge in [0.1, 0.15) is 24.5 Å². The van der Waals surface area contributed by atoms with Crippen molar-refractivity contribution in [2.45, 2.75) is 91.1 Å². The summed E-state index contributed by atoms with van der Waals surface area (Å²) in [7, 11) is 2.02. The van der Waals surface area contributed by atoms with Crippen LogP contribution < -0.4 is 14.4 Å². The molecule has 0 bridgehead atoms. The summed E-state index contributed by atoms with van der Waals surface area (Å²) in [5.41, 5.74) is 6.08. The van der Waals surface area contributed by atoms with Gasteiger partial charge in [-0.2, -0.15) is 10.1 Å². The average Bonchev–Trinajstić information content (AvgIpc) is 3.57. The summed E-state index contributed by atoms with van der Waals surface area (Å²) in [6.45, 7) is 15.1. The molecule has 306 valence electrons. The molecule has 3 fully saturated rings. The Balaban J connectivity index is 0.896. The largest absolute Gasteiger partial charge is 0.473 e. The van der Waals surface area contributed by atoms with Gasteiger partial charge in [0, 0.05) is 56.4 Å². The van der Waals surface area contributed by atoms with E-state index in [2.05, 4.69) is 47.1 Å². The smallest absolute Gasteiger partial charge is 0.410 e. The van der Waals surface area contributed by atoms with E-state index in [1.165, 1.54) is 31.4 Å². The number of aromatic nitrogens is 3. The predicted octanol–water partition coefficient (Wildman–Crippen LogP) is 9.51. The van der Waals surface area contributed by atoms with Gasteiger partial charge < -0.3 is 28.9 Å². The molecule has 1 spiro atoms. The number of rotatable bonds is 10. The fourth-order valence-electron chi connectivity index (χ4n) is 9.23. The Morgan fingerprint density at radius 2 is 1.41 bits per heavy atom. The van der Waals surface area contributed by atoms with E-state index in [0.717, 1.165) is 85.4 Å². The third-order valence-electron chi connectivity index (χ3n) is 12.9. The van der Waals surface area contributed by atoms with Crippen LogP contribution in [0.15, 0.2) is 91.0 Å². The van der Waals surface area contributed by atoms with Gasteiger partial charge in [-0.15, -0.1) is 0 Å². The molecule has 0 unspecified atom stereocenters. The first-order valence-corrected chi connectivity index (χ1v) is 21.3. The van der Waals surface area contributed by atoms with E-state index in [1.54, 1.807) is 0 Å². The number of nitrogens with zero attached hydrogens (tertiary/aromatic N) is 6. The molecule has 0 radical (unpaired) electrons. The monoisotopic (exact) mass is 784 g/mol. The molecule has 3 aliphatic heterocycles. The number of ether oxygens (including phenoxy) is 3. The van der Waals surface area contributed by atoms with Crippen molar-refractivity contribution in [2.24, 2.45) is 18.4 Å². The van der Waals surface area contributed by atoms with Crippen LogP contribution in [-0.4, -0.2) is 81.6 Å². The van der Waals surface area contributed by atoms with Crippen LogP contribution in [0, 0.1) is 11.3 Å². The van der Waals surface area contributed by atoms with Crippen LogP contribution in [0.1, 0.15) is 77.3 Å². The number of aryl methyl sites for hydroxylation is 1. The number of fused-ring (bicyclic) bond motifs is 1. The second-order valence-corrected chi connectivity index (χ2v) is 17.8. The molecular weight excluding hydrogens is 725 g/mol. The van der Waals surface area contributed by atoms with Gasteiger partial charge in [0.15, 0.2) is 0 Å². The molecular formula is C48H60N6O4. The molecule has 3 aromatic carbocycles. The molecule has 10 nitrogen and oxygen atoms in total. The van der Waals surface area contributed by atoms with E-state index >= 15 is 0 Å². The third-order valence-corrected chi connectivity index (χ3v) is 12.9. The van der Waals surface area contributed by atoms with E-state index < -0.39 is 5.60 Å². The highest BCUT2D eigenvalue weighted by molar-refractivity contribution is 5.96. The first-order chi connectivity index (χ1) is 28.0. The predicted molar refractivity (Wildman–Crippen MR) is 230 cm³/mol. The van der Waals surface area contributed by atoms with E-state index in [1.807, 2.05) is 98.1 Å². The molecule has 8 rings (SSSR count). The third kappa shape index (κ3) is 9.12. The minimum atomic E-state index is -0.448. The lowest BCUT2D eigenvalue weighted by Gasteiger charge is -2.49.